The van der Waals surface area contributed by atoms with Gasteiger partial charge < -0.3 is 10.6 Å². The van der Waals surface area contributed by atoms with Gasteiger partial charge in [-0.3, -0.25) is 14.2 Å². The van der Waals surface area contributed by atoms with Gasteiger partial charge in [0.15, 0.2) is 5.13 Å². The fourth-order valence-corrected chi connectivity index (χ4v) is 3.97. The van der Waals surface area contributed by atoms with E-state index >= 15 is 0 Å². The Bertz CT molecular complexity index is 913. The van der Waals surface area contributed by atoms with Gasteiger partial charge in [-0.1, -0.05) is 6.07 Å². The number of nitrogens with one attached hydrogen (secondary N) is 2. The minimum absolute atomic E-state index is 0.201. The number of hydrogen-bond acceptors (Lipinski definition) is 6. The first-order valence-corrected chi connectivity index (χ1v) is 10.9. The number of carbonyl (C=O) groups is 1. The van der Waals surface area contributed by atoms with E-state index in [9.17, 15) is 9.18 Å². The molecule has 30 heavy (non-hydrogen) atoms. The average molecular weight is 428 g/mol. The van der Waals surface area contributed by atoms with E-state index in [2.05, 4.69) is 25.6 Å². The number of pyridine rings is 2. The first kappa shape index (κ1) is 21.8. The van der Waals surface area contributed by atoms with E-state index in [0.717, 1.165) is 54.4 Å². The third kappa shape index (κ3) is 6.59. The molecule has 0 saturated heterocycles. The molecule has 1 aliphatic carbocycles. The number of anilines is 2. The van der Waals surface area contributed by atoms with Crippen molar-refractivity contribution in [2.45, 2.75) is 38.6 Å². The molecule has 0 spiro atoms. The van der Waals surface area contributed by atoms with Crippen LogP contribution in [0, 0.1) is 12.8 Å². The van der Waals surface area contributed by atoms with Crippen LogP contribution in [0.2, 0.25) is 0 Å². The summed E-state index contributed by atoms with van der Waals surface area (Å²) in [5.74, 6) is 1.06. The Kier molecular flexibility index (Phi) is 8.26. The van der Waals surface area contributed by atoms with Crippen LogP contribution in [-0.2, 0) is 4.79 Å². The molecule has 1 fully saturated rings. The Labute approximate surface area is 180 Å². The van der Waals surface area contributed by atoms with Crippen molar-refractivity contribution in [1.29, 1.82) is 0 Å². The number of amides is 1. The monoisotopic (exact) mass is 427 g/mol. The second-order valence-electron chi connectivity index (χ2n) is 7.25. The maximum atomic E-state index is 12.1. The van der Waals surface area contributed by atoms with Crippen LogP contribution in [0.25, 0.3) is 11.4 Å². The smallest absolute Gasteiger partial charge is 0.207 e. The van der Waals surface area contributed by atoms with E-state index in [-0.39, 0.29) is 12.6 Å². The largest absolute Gasteiger partial charge is 0.356 e. The number of halogens is 1. The molecule has 0 aromatic carbocycles. The Balaban J connectivity index is 0.000000199. The molecule has 2 N–H and O–H groups in total. The molecule has 3 heterocycles. The molecule has 1 saturated carbocycles. The molecule has 1 aliphatic rings. The van der Waals surface area contributed by atoms with Gasteiger partial charge in [0.2, 0.25) is 6.41 Å². The molecule has 0 aliphatic heterocycles. The average Bonchev–Trinajstić information content (AvgIpc) is 3.24. The highest BCUT2D eigenvalue weighted by Gasteiger charge is 2.19. The van der Waals surface area contributed by atoms with Crippen molar-refractivity contribution in [3.05, 3.63) is 53.7 Å². The lowest BCUT2D eigenvalue weighted by atomic mass is 9.87. The van der Waals surface area contributed by atoms with Gasteiger partial charge in [-0.25, -0.2) is 9.97 Å². The molecule has 8 heteroatoms. The summed E-state index contributed by atoms with van der Waals surface area (Å²) >= 11 is 1.54. The number of aromatic nitrogens is 3. The van der Waals surface area contributed by atoms with Gasteiger partial charge in [0.25, 0.3) is 0 Å². The number of rotatable bonds is 6. The number of aryl methyl sites for hydroxylation is 1. The number of hydrogen-bond donors (Lipinski definition) is 2. The van der Waals surface area contributed by atoms with Gasteiger partial charge in [-0.2, -0.15) is 0 Å². The lowest BCUT2D eigenvalue weighted by molar-refractivity contribution is -0.110. The van der Waals surface area contributed by atoms with E-state index in [0.29, 0.717) is 6.04 Å². The van der Waals surface area contributed by atoms with E-state index in [1.54, 1.807) is 23.7 Å². The Morgan fingerprint density at radius 3 is 2.63 bits per heavy atom. The summed E-state index contributed by atoms with van der Waals surface area (Å²) in [7, 11) is 0. The molecule has 0 unspecified atom stereocenters. The summed E-state index contributed by atoms with van der Waals surface area (Å²) in [5.41, 5.74) is 2.92. The van der Waals surface area contributed by atoms with Gasteiger partial charge in [-0.15, -0.1) is 11.3 Å². The second kappa shape index (κ2) is 11.3. The highest BCUT2D eigenvalue weighted by atomic mass is 32.1. The molecule has 158 valence electrons. The maximum absolute atomic E-state index is 12.1. The van der Waals surface area contributed by atoms with E-state index < -0.39 is 0 Å². The lowest BCUT2D eigenvalue weighted by Gasteiger charge is -2.25. The van der Waals surface area contributed by atoms with Crippen LogP contribution in [0.15, 0.2) is 48.1 Å². The predicted octanol–water partition coefficient (Wildman–Crippen LogP) is 4.91. The van der Waals surface area contributed by atoms with Crippen LogP contribution in [0.5, 0.6) is 0 Å². The molecule has 4 rings (SSSR count). The summed E-state index contributed by atoms with van der Waals surface area (Å²) in [4.78, 5) is 23.1. The molecule has 0 radical (unpaired) electrons. The van der Waals surface area contributed by atoms with Crippen LogP contribution in [0.4, 0.5) is 15.3 Å². The normalized spacial score (nSPS) is 18.1. The zero-order chi connectivity index (χ0) is 21.2. The number of carbonyl (C=O) groups excluding carboxylic acids is 1. The Morgan fingerprint density at radius 2 is 1.97 bits per heavy atom. The Morgan fingerprint density at radius 1 is 1.13 bits per heavy atom. The van der Waals surface area contributed by atoms with Crippen LogP contribution in [0.3, 0.4) is 0 Å². The summed E-state index contributed by atoms with van der Waals surface area (Å²) in [6, 6.07) is 10.1. The molecule has 0 atom stereocenters. The third-order valence-electron chi connectivity index (χ3n) is 4.95. The third-order valence-corrected chi connectivity index (χ3v) is 5.71. The molecule has 6 nitrogen and oxygen atoms in total. The standard InChI is InChI=1S/C14H12N4S.C8H14FNO/c1-10-5-7-16-13(8-10)18-14-17-12(9-19-14)11-4-2-3-6-15-11;9-5-7-1-3-8(4-2-7)10-6-11/h2-9H,1H3,(H,16,17,18);6-8H,1-5H2,(H,10,11). The van der Waals surface area contributed by atoms with E-state index in [1.165, 1.54) is 5.56 Å². The fourth-order valence-electron chi connectivity index (χ4n) is 3.26. The number of nitrogens with zero attached hydrogens (tertiary/aromatic N) is 3. The van der Waals surface area contributed by atoms with Crippen molar-refractivity contribution in [2.75, 3.05) is 12.0 Å². The van der Waals surface area contributed by atoms with Gasteiger partial charge >= 0.3 is 0 Å². The van der Waals surface area contributed by atoms with Crippen LogP contribution < -0.4 is 10.6 Å². The van der Waals surface area contributed by atoms with Crippen LogP contribution in [-0.4, -0.2) is 34.1 Å². The van der Waals surface area contributed by atoms with Crippen LogP contribution in [0.1, 0.15) is 31.2 Å². The molecular formula is C22H26FN5OS. The first-order valence-electron chi connectivity index (χ1n) is 10.00. The van der Waals surface area contributed by atoms with Crippen molar-refractivity contribution in [2.24, 2.45) is 5.92 Å². The molecule has 1 amide bonds. The molecule has 0 bridgehead atoms. The van der Waals surface area contributed by atoms with Gasteiger partial charge in [0, 0.05) is 23.8 Å². The fraction of sp³-hybridized carbons (Fsp3) is 0.364. The zero-order valence-corrected chi connectivity index (χ0v) is 17.7. The Hall–Kier alpha value is -2.87. The zero-order valence-electron chi connectivity index (χ0n) is 16.9. The minimum atomic E-state index is -0.201. The molecular weight excluding hydrogens is 401 g/mol. The van der Waals surface area contributed by atoms with Crippen molar-refractivity contribution in [1.82, 2.24) is 20.3 Å². The molecule has 3 aromatic heterocycles. The summed E-state index contributed by atoms with van der Waals surface area (Å²) in [6.07, 6.45) is 8.00. The summed E-state index contributed by atoms with van der Waals surface area (Å²) in [5, 5.41) is 8.73. The first-order chi connectivity index (χ1) is 14.7. The topological polar surface area (TPSA) is 79.8 Å². The number of thiazole rings is 1. The maximum Gasteiger partial charge on any atom is 0.207 e. The van der Waals surface area contributed by atoms with Crippen LogP contribution >= 0.6 is 11.3 Å². The minimum Gasteiger partial charge on any atom is -0.356 e. The summed E-state index contributed by atoms with van der Waals surface area (Å²) < 4.78 is 12.1. The SMILES string of the molecule is Cc1ccnc(Nc2nc(-c3ccccn3)cs2)c1.O=CNC1CCC(CF)CC1. The van der Waals surface area contributed by atoms with E-state index in [1.807, 2.05) is 42.6 Å². The van der Waals surface area contributed by atoms with Crippen molar-refractivity contribution < 1.29 is 9.18 Å². The highest BCUT2D eigenvalue weighted by Crippen LogP contribution is 2.25. The predicted molar refractivity (Wildman–Crippen MR) is 119 cm³/mol. The van der Waals surface area contributed by atoms with Gasteiger partial charge in [-0.05, 0) is 68.4 Å². The van der Waals surface area contributed by atoms with Crippen molar-refractivity contribution in [3.8, 4) is 11.4 Å². The quantitative estimate of drug-likeness (QED) is 0.546. The van der Waals surface area contributed by atoms with E-state index in [4.69, 9.17) is 0 Å². The number of alkyl halides is 1. The summed E-state index contributed by atoms with van der Waals surface area (Å²) in [6.45, 7) is 1.84. The lowest BCUT2D eigenvalue weighted by Crippen LogP contribution is -2.32. The molecule has 3 aromatic rings. The highest BCUT2D eigenvalue weighted by molar-refractivity contribution is 7.14. The second-order valence-corrected chi connectivity index (χ2v) is 8.11. The van der Waals surface area contributed by atoms with Crippen molar-refractivity contribution >= 4 is 28.7 Å². The van der Waals surface area contributed by atoms with Gasteiger partial charge in [0.05, 0.1) is 12.4 Å². The van der Waals surface area contributed by atoms with Gasteiger partial charge in [0.1, 0.15) is 11.5 Å². The van der Waals surface area contributed by atoms with Crippen molar-refractivity contribution in [3.63, 3.8) is 0 Å².